The number of carbonyl (C=O) groups is 2. The van der Waals surface area contributed by atoms with Crippen molar-refractivity contribution in [2.45, 2.75) is 25.3 Å². The van der Waals surface area contributed by atoms with E-state index in [9.17, 15) is 9.59 Å². The molecule has 2 N–H and O–H groups in total. The minimum atomic E-state index is -0.364. The summed E-state index contributed by atoms with van der Waals surface area (Å²) in [5, 5.41) is 7.86. The number of halogens is 2. The number of nitrogens with one attached hydrogen (secondary N) is 2. The Balaban J connectivity index is 1.59. The number of anilines is 2. The van der Waals surface area contributed by atoms with Crippen LogP contribution in [0.15, 0.2) is 78.0 Å². The van der Waals surface area contributed by atoms with Crippen molar-refractivity contribution in [2.75, 3.05) is 10.6 Å². The Hall–Kier alpha value is -3.08. The highest BCUT2D eigenvalue weighted by Crippen LogP contribution is 2.42. The van der Waals surface area contributed by atoms with E-state index in [0.717, 1.165) is 35.5 Å². The zero-order chi connectivity index (χ0) is 22.2. The van der Waals surface area contributed by atoms with Gasteiger partial charge in [-0.15, -0.1) is 0 Å². The lowest BCUT2D eigenvalue weighted by molar-refractivity contribution is -0.116. The van der Waals surface area contributed by atoms with E-state index < -0.39 is 0 Å². The first-order valence-corrected chi connectivity index (χ1v) is 11.3. The normalized spacial score (nSPS) is 17.6. The summed E-state index contributed by atoms with van der Waals surface area (Å²) in [4.78, 5) is 25.9. The number of hydrogen-bond donors (Lipinski definition) is 2. The molecule has 2 aliphatic rings. The van der Waals surface area contributed by atoms with E-state index in [1.54, 1.807) is 30.3 Å². The molecule has 3 aromatic rings. The number of allylic oxidation sites excluding steroid dienone is 1. The van der Waals surface area contributed by atoms with Crippen molar-refractivity contribution < 1.29 is 9.59 Å². The summed E-state index contributed by atoms with van der Waals surface area (Å²) in [6, 6.07) is 19.8. The third-order valence-corrected chi connectivity index (χ3v) is 6.66. The van der Waals surface area contributed by atoms with E-state index in [1.807, 2.05) is 36.4 Å². The quantitative estimate of drug-likeness (QED) is 0.419. The predicted octanol–water partition coefficient (Wildman–Crippen LogP) is 6.81. The standard InChI is InChI=1S/C26H20Cl2N2O2/c27-18-11-9-16(13-19(18)28)25-24-21(7-4-8-23(24)31)29-22-14-17(10-12-20(22)30-25)26(32)15-5-2-1-3-6-15/h1-3,5-6,9-14,25,29-30H,4,7-8H2/t25-/m1/s1. The molecule has 3 aromatic carbocycles. The summed E-state index contributed by atoms with van der Waals surface area (Å²) < 4.78 is 0. The molecular formula is C26H20Cl2N2O2. The number of hydrogen-bond acceptors (Lipinski definition) is 4. The van der Waals surface area contributed by atoms with Crippen molar-refractivity contribution in [3.05, 3.63) is 105 Å². The second-order valence-electron chi connectivity index (χ2n) is 8.00. The zero-order valence-corrected chi connectivity index (χ0v) is 18.6. The number of rotatable bonds is 3. The molecule has 0 amide bonds. The summed E-state index contributed by atoms with van der Waals surface area (Å²) in [7, 11) is 0. The molecule has 0 fully saturated rings. The van der Waals surface area contributed by atoms with E-state index in [1.165, 1.54) is 0 Å². The topological polar surface area (TPSA) is 58.2 Å². The van der Waals surface area contributed by atoms with Gasteiger partial charge in [0.2, 0.25) is 0 Å². The van der Waals surface area contributed by atoms with Crippen LogP contribution in [-0.4, -0.2) is 11.6 Å². The number of carbonyl (C=O) groups excluding carboxylic acids is 2. The number of Topliss-reactive ketones (excluding diaryl/α,β-unsaturated/α-hetero) is 1. The number of fused-ring (bicyclic) bond motifs is 1. The smallest absolute Gasteiger partial charge is 0.193 e. The fraction of sp³-hybridized carbons (Fsp3) is 0.154. The molecule has 0 aromatic heterocycles. The molecule has 160 valence electrons. The second kappa shape index (κ2) is 8.45. The third kappa shape index (κ3) is 3.81. The van der Waals surface area contributed by atoms with E-state index in [0.29, 0.717) is 33.2 Å². The van der Waals surface area contributed by atoms with E-state index in [2.05, 4.69) is 10.6 Å². The number of benzene rings is 3. The molecule has 0 saturated heterocycles. The van der Waals surface area contributed by atoms with Crippen LogP contribution in [0.2, 0.25) is 10.0 Å². The predicted molar refractivity (Wildman–Crippen MR) is 129 cm³/mol. The molecule has 0 bridgehead atoms. The summed E-state index contributed by atoms with van der Waals surface area (Å²) in [5.74, 6) is 0.0603. The molecule has 4 nitrogen and oxygen atoms in total. The SMILES string of the molecule is O=C1CCCC2=C1[C@@H](c1ccc(Cl)c(Cl)c1)Nc1ccc(C(=O)c3ccccc3)cc1N2. The lowest BCUT2D eigenvalue weighted by Gasteiger charge is -2.25. The molecular weight excluding hydrogens is 443 g/mol. The van der Waals surface area contributed by atoms with Gasteiger partial charge in [0.05, 0.1) is 27.5 Å². The van der Waals surface area contributed by atoms with Crippen molar-refractivity contribution >= 4 is 46.1 Å². The highest BCUT2D eigenvalue weighted by molar-refractivity contribution is 6.42. The van der Waals surface area contributed by atoms with E-state index in [4.69, 9.17) is 23.2 Å². The first-order chi connectivity index (χ1) is 15.5. The van der Waals surface area contributed by atoms with Gasteiger partial charge in [0.25, 0.3) is 0 Å². The highest BCUT2D eigenvalue weighted by Gasteiger charge is 2.32. The van der Waals surface area contributed by atoms with Crippen LogP contribution in [0.1, 0.15) is 46.8 Å². The third-order valence-electron chi connectivity index (χ3n) is 5.92. The van der Waals surface area contributed by atoms with Gasteiger partial charge in [-0.25, -0.2) is 0 Å². The maximum atomic E-state index is 13.0. The zero-order valence-electron chi connectivity index (χ0n) is 17.1. The highest BCUT2D eigenvalue weighted by atomic mass is 35.5. The first-order valence-electron chi connectivity index (χ1n) is 10.5. The molecule has 0 spiro atoms. The molecule has 1 atom stereocenters. The fourth-order valence-electron chi connectivity index (χ4n) is 4.33. The van der Waals surface area contributed by atoms with Crippen LogP contribution in [0.5, 0.6) is 0 Å². The maximum absolute atomic E-state index is 13.0. The number of ketones is 2. The van der Waals surface area contributed by atoms with E-state index in [-0.39, 0.29) is 17.6 Å². The lowest BCUT2D eigenvalue weighted by Crippen LogP contribution is -2.23. The molecule has 6 heteroatoms. The van der Waals surface area contributed by atoms with Gasteiger partial charge in [0.15, 0.2) is 11.6 Å². The van der Waals surface area contributed by atoms with Gasteiger partial charge >= 0.3 is 0 Å². The minimum Gasteiger partial charge on any atom is -0.372 e. The molecule has 0 radical (unpaired) electrons. The summed E-state index contributed by atoms with van der Waals surface area (Å²) in [6.45, 7) is 0. The van der Waals surface area contributed by atoms with Gasteiger partial charge in [-0.2, -0.15) is 0 Å². The first kappa shape index (κ1) is 20.8. The van der Waals surface area contributed by atoms with Crippen molar-refractivity contribution in [3.8, 4) is 0 Å². The summed E-state index contributed by atoms with van der Waals surface area (Å²) >= 11 is 12.4. The van der Waals surface area contributed by atoms with Gasteiger partial charge in [0.1, 0.15) is 0 Å². The van der Waals surface area contributed by atoms with Gasteiger partial charge in [0, 0.05) is 28.8 Å². The molecule has 0 saturated carbocycles. The average Bonchev–Trinajstić information content (AvgIpc) is 2.98. The van der Waals surface area contributed by atoms with Crippen LogP contribution < -0.4 is 10.6 Å². The maximum Gasteiger partial charge on any atom is 0.193 e. The van der Waals surface area contributed by atoms with Crippen LogP contribution in [0.3, 0.4) is 0 Å². The van der Waals surface area contributed by atoms with E-state index >= 15 is 0 Å². The van der Waals surface area contributed by atoms with Crippen LogP contribution in [0, 0.1) is 0 Å². The molecule has 32 heavy (non-hydrogen) atoms. The Morgan fingerprint density at radius 2 is 1.66 bits per heavy atom. The molecule has 0 unspecified atom stereocenters. The Bertz CT molecular complexity index is 1270. The Morgan fingerprint density at radius 1 is 0.844 bits per heavy atom. The van der Waals surface area contributed by atoms with Crippen molar-refractivity contribution in [1.29, 1.82) is 0 Å². The van der Waals surface area contributed by atoms with Gasteiger partial charge in [-0.3, -0.25) is 9.59 Å². The van der Waals surface area contributed by atoms with Gasteiger partial charge in [-0.05, 0) is 48.7 Å². The Morgan fingerprint density at radius 3 is 2.44 bits per heavy atom. The van der Waals surface area contributed by atoms with Crippen molar-refractivity contribution in [1.82, 2.24) is 0 Å². The van der Waals surface area contributed by atoms with Crippen LogP contribution in [-0.2, 0) is 4.79 Å². The van der Waals surface area contributed by atoms with Crippen molar-refractivity contribution in [3.63, 3.8) is 0 Å². The minimum absolute atomic E-state index is 0.0468. The molecule has 5 rings (SSSR count). The van der Waals surface area contributed by atoms with Crippen LogP contribution in [0.4, 0.5) is 11.4 Å². The average molecular weight is 463 g/mol. The summed E-state index contributed by atoms with van der Waals surface area (Å²) in [6.07, 6.45) is 2.06. The molecule has 1 aliphatic heterocycles. The molecule has 1 aliphatic carbocycles. The second-order valence-corrected chi connectivity index (χ2v) is 8.81. The van der Waals surface area contributed by atoms with Crippen LogP contribution in [0.25, 0.3) is 0 Å². The van der Waals surface area contributed by atoms with Crippen LogP contribution >= 0.6 is 23.2 Å². The monoisotopic (exact) mass is 462 g/mol. The lowest BCUT2D eigenvalue weighted by atomic mass is 9.87. The van der Waals surface area contributed by atoms with Crippen molar-refractivity contribution in [2.24, 2.45) is 0 Å². The van der Waals surface area contributed by atoms with Gasteiger partial charge < -0.3 is 10.6 Å². The largest absolute Gasteiger partial charge is 0.372 e. The van der Waals surface area contributed by atoms with Gasteiger partial charge in [-0.1, -0.05) is 59.6 Å². The fourth-order valence-corrected chi connectivity index (χ4v) is 4.64. The Labute approximate surface area is 196 Å². The summed E-state index contributed by atoms with van der Waals surface area (Å²) in [5.41, 5.74) is 5.26. The molecule has 1 heterocycles. The Kier molecular flexibility index (Phi) is 5.50.